The van der Waals surface area contributed by atoms with Crippen LogP contribution in [0.5, 0.6) is 5.75 Å². The summed E-state index contributed by atoms with van der Waals surface area (Å²) in [6.45, 7) is 5.36. The highest BCUT2D eigenvalue weighted by Gasteiger charge is 2.23. The van der Waals surface area contributed by atoms with E-state index in [4.69, 9.17) is 5.84 Å². The molecule has 10 nitrogen and oxygen atoms in total. The first kappa shape index (κ1) is 25.2. The van der Waals surface area contributed by atoms with Gasteiger partial charge in [-0.15, -0.1) is 0 Å². The third-order valence-corrected chi connectivity index (χ3v) is 4.96. The first-order valence-corrected chi connectivity index (χ1v) is 10.2. The molecule has 33 heavy (non-hydrogen) atoms. The largest absolute Gasteiger partial charge is 0.508 e. The number of ketones is 1. The first-order valence-electron chi connectivity index (χ1n) is 10.2. The molecule has 10 heteroatoms. The number of aryl methyl sites for hydroxylation is 2. The second kappa shape index (κ2) is 11.5. The number of hydrazine groups is 1. The van der Waals surface area contributed by atoms with E-state index in [1.54, 1.807) is 12.3 Å². The number of hydrogen-bond donors (Lipinski definition) is 5. The van der Waals surface area contributed by atoms with Crippen molar-refractivity contribution in [3.05, 3.63) is 59.2 Å². The fourth-order valence-corrected chi connectivity index (χ4v) is 2.96. The number of aromatic hydroxyl groups is 1. The molecular weight excluding hydrogens is 426 g/mol. The molecule has 2 rings (SSSR count). The highest BCUT2D eigenvalue weighted by Crippen LogP contribution is 2.19. The maximum atomic E-state index is 12.9. The SMILES string of the molecule is Cc1ccc(C)c(NC(=O)CC/C(=N/NC(=O)C(=O)NN)C(C)C(=O)c2ccc(O)cc2)c1. The summed E-state index contributed by atoms with van der Waals surface area (Å²) in [4.78, 5) is 48.5. The number of hydrogen-bond acceptors (Lipinski definition) is 7. The van der Waals surface area contributed by atoms with Gasteiger partial charge < -0.3 is 10.4 Å². The predicted octanol–water partition coefficient (Wildman–Crippen LogP) is 1.71. The van der Waals surface area contributed by atoms with Crippen molar-refractivity contribution in [2.24, 2.45) is 16.9 Å². The van der Waals surface area contributed by atoms with Gasteiger partial charge in [0.05, 0.1) is 5.92 Å². The molecule has 6 N–H and O–H groups in total. The number of amides is 3. The molecule has 0 fully saturated rings. The maximum absolute atomic E-state index is 12.9. The Balaban J connectivity index is 2.17. The molecule has 174 valence electrons. The minimum absolute atomic E-state index is 0.0104. The number of Topliss-reactive ketones (excluding diaryl/α,β-unsaturated/α-hetero) is 1. The van der Waals surface area contributed by atoms with Crippen LogP contribution in [0.2, 0.25) is 0 Å². The van der Waals surface area contributed by atoms with Gasteiger partial charge in [0, 0.05) is 23.4 Å². The summed E-state index contributed by atoms with van der Waals surface area (Å²) >= 11 is 0. The number of benzene rings is 2. The Bertz CT molecular complexity index is 1080. The second-order valence-corrected chi connectivity index (χ2v) is 7.52. The fraction of sp³-hybridized carbons (Fsp3) is 0.261. The van der Waals surface area contributed by atoms with Crippen molar-refractivity contribution < 1.29 is 24.3 Å². The normalized spacial score (nSPS) is 11.9. The van der Waals surface area contributed by atoms with E-state index in [1.807, 2.05) is 32.0 Å². The third kappa shape index (κ3) is 7.25. The summed E-state index contributed by atoms with van der Waals surface area (Å²) in [7, 11) is 0. The number of nitrogens with one attached hydrogen (secondary N) is 3. The van der Waals surface area contributed by atoms with Crippen molar-refractivity contribution in [1.29, 1.82) is 0 Å². The number of rotatable bonds is 8. The molecule has 0 aliphatic rings. The van der Waals surface area contributed by atoms with E-state index in [1.165, 1.54) is 24.3 Å². The van der Waals surface area contributed by atoms with E-state index < -0.39 is 17.7 Å². The zero-order chi connectivity index (χ0) is 24.5. The molecule has 0 saturated heterocycles. The number of hydrazone groups is 1. The number of nitrogens with two attached hydrogens (primary N) is 1. The van der Waals surface area contributed by atoms with Gasteiger partial charge in [-0.05, 0) is 68.7 Å². The smallest absolute Gasteiger partial charge is 0.330 e. The Hall–Kier alpha value is -4.05. The van der Waals surface area contributed by atoms with Crippen LogP contribution in [0.3, 0.4) is 0 Å². The van der Waals surface area contributed by atoms with E-state index in [0.29, 0.717) is 11.3 Å². The van der Waals surface area contributed by atoms with Gasteiger partial charge in [0.1, 0.15) is 5.75 Å². The predicted molar refractivity (Wildman–Crippen MR) is 123 cm³/mol. The van der Waals surface area contributed by atoms with E-state index >= 15 is 0 Å². The quantitative estimate of drug-likeness (QED) is 0.102. The highest BCUT2D eigenvalue weighted by molar-refractivity contribution is 6.35. The average molecular weight is 453 g/mol. The van der Waals surface area contributed by atoms with Crippen LogP contribution >= 0.6 is 0 Å². The number of anilines is 1. The molecule has 0 bridgehead atoms. The zero-order valence-corrected chi connectivity index (χ0v) is 18.6. The van der Waals surface area contributed by atoms with E-state index in [-0.39, 0.29) is 36.0 Å². The molecule has 3 amide bonds. The molecule has 0 aliphatic heterocycles. The number of phenolic OH excluding ortho intramolecular Hbond substituents is 1. The fourth-order valence-electron chi connectivity index (χ4n) is 2.96. The van der Waals surface area contributed by atoms with Crippen molar-refractivity contribution in [3.8, 4) is 5.75 Å². The van der Waals surface area contributed by atoms with E-state index in [0.717, 1.165) is 11.1 Å². The number of carbonyl (C=O) groups excluding carboxylic acids is 4. The molecule has 1 unspecified atom stereocenters. The van der Waals surface area contributed by atoms with Gasteiger partial charge in [0.15, 0.2) is 5.78 Å². The summed E-state index contributed by atoms with van der Waals surface area (Å²) in [6.07, 6.45) is 0.0323. The van der Waals surface area contributed by atoms with Gasteiger partial charge in [-0.25, -0.2) is 11.3 Å². The van der Waals surface area contributed by atoms with Gasteiger partial charge in [-0.1, -0.05) is 12.1 Å². The number of carbonyl (C=O) groups is 4. The van der Waals surface area contributed by atoms with Crippen molar-refractivity contribution in [2.45, 2.75) is 33.6 Å². The molecule has 2 aromatic carbocycles. The Morgan fingerprint density at radius 3 is 2.30 bits per heavy atom. The van der Waals surface area contributed by atoms with Crippen LogP contribution in [0.15, 0.2) is 47.6 Å². The van der Waals surface area contributed by atoms with Crippen molar-refractivity contribution in [3.63, 3.8) is 0 Å². The molecule has 0 aromatic heterocycles. The Morgan fingerprint density at radius 1 is 1.00 bits per heavy atom. The lowest BCUT2D eigenvalue weighted by Crippen LogP contribution is -2.42. The minimum atomic E-state index is -1.11. The van der Waals surface area contributed by atoms with Gasteiger partial charge in [0.2, 0.25) is 5.91 Å². The summed E-state index contributed by atoms with van der Waals surface area (Å²) in [5.41, 5.74) is 6.83. The minimum Gasteiger partial charge on any atom is -0.508 e. The molecule has 0 aliphatic carbocycles. The standard InChI is InChI=1S/C23H27N5O5/c1-13-4-5-14(2)19(12-13)25-20(30)11-10-18(27-28-23(33)22(32)26-24)15(3)21(31)16-6-8-17(29)9-7-16/h4-9,12,15,29H,10-11,24H2,1-3H3,(H,25,30)(H,26,32)(H,28,33)/b27-18-. The van der Waals surface area contributed by atoms with Crippen LogP contribution in [0.25, 0.3) is 0 Å². The molecule has 0 heterocycles. The van der Waals surface area contributed by atoms with Gasteiger partial charge in [0.25, 0.3) is 0 Å². The van der Waals surface area contributed by atoms with Crippen LogP contribution in [0.4, 0.5) is 5.69 Å². The lowest BCUT2D eigenvalue weighted by atomic mass is 9.92. The van der Waals surface area contributed by atoms with Crippen LogP contribution < -0.4 is 22.0 Å². The monoisotopic (exact) mass is 453 g/mol. The lowest BCUT2D eigenvalue weighted by molar-refractivity contribution is -0.139. The first-order chi connectivity index (χ1) is 15.6. The molecule has 0 spiro atoms. The Kier molecular flexibility index (Phi) is 8.81. The zero-order valence-electron chi connectivity index (χ0n) is 18.6. The molecule has 0 saturated carbocycles. The van der Waals surface area contributed by atoms with Crippen molar-refractivity contribution in [1.82, 2.24) is 10.9 Å². The second-order valence-electron chi connectivity index (χ2n) is 7.52. The number of nitrogens with zero attached hydrogens (tertiary/aromatic N) is 1. The highest BCUT2D eigenvalue weighted by atomic mass is 16.3. The topological polar surface area (TPSA) is 163 Å². The van der Waals surface area contributed by atoms with E-state index in [2.05, 4.69) is 15.8 Å². The van der Waals surface area contributed by atoms with E-state index in [9.17, 15) is 24.3 Å². The number of phenols is 1. The Morgan fingerprint density at radius 2 is 1.67 bits per heavy atom. The van der Waals surface area contributed by atoms with Crippen LogP contribution in [-0.2, 0) is 14.4 Å². The van der Waals surface area contributed by atoms with Crippen molar-refractivity contribution in [2.75, 3.05) is 5.32 Å². The molecule has 2 aromatic rings. The summed E-state index contributed by atoms with van der Waals surface area (Å²) in [5, 5.41) is 16.2. The van der Waals surface area contributed by atoms with Gasteiger partial charge >= 0.3 is 11.8 Å². The Labute approximate surface area is 191 Å². The maximum Gasteiger partial charge on any atom is 0.330 e. The summed E-state index contributed by atoms with van der Waals surface area (Å²) < 4.78 is 0. The molecule has 0 radical (unpaired) electrons. The third-order valence-electron chi connectivity index (χ3n) is 4.96. The van der Waals surface area contributed by atoms with Crippen LogP contribution in [0.1, 0.15) is 41.3 Å². The molecule has 1 atom stereocenters. The average Bonchev–Trinajstić information content (AvgIpc) is 2.80. The van der Waals surface area contributed by atoms with Crippen LogP contribution in [-0.4, -0.2) is 34.3 Å². The lowest BCUT2D eigenvalue weighted by Gasteiger charge is -2.15. The summed E-state index contributed by atoms with van der Waals surface area (Å²) in [6, 6.07) is 11.4. The van der Waals surface area contributed by atoms with Crippen molar-refractivity contribution >= 4 is 34.9 Å². The van der Waals surface area contributed by atoms with Gasteiger partial charge in [-0.2, -0.15) is 5.10 Å². The molecular formula is C23H27N5O5. The summed E-state index contributed by atoms with van der Waals surface area (Å²) in [5.74, 6) is 1.28. The van der Waals surface area contributed by atoms with Crippen LogP contribution in [0, 0.1) is 19.8 Å². The van der Waals surface area contributed by atoms with Gasteiger partial charge in [-0.3, -0.25) is 24.6 Å².